The standard InChI is InChI=1S/C10H9N3O2/c1-13-6-8(12-9(13)10(14)15)7-3-2-4-11-5-7/h2-6H,1H3,(H,14,15). The zero-order valence-electron chi connectivity index (χ0n) is 8.08. The van der Waals surface area contributed by atoms with E-state index in [2.05, 4.69) is 9.97 Å². The third-order valence-electron chi connectivity index (χ3n) is 2.02. The summed E-state index contributed by atoms with van der Waals surface area (Å²) >= 11 is 0. The Bertz CT molecular complexity index is 491. The SMILES string of the molecule is Cn1cc(-c2cccnc2)nc1C(=O)O. The van der Waals surface area contributed by atoms with Crippen LogP contribution in [0.5, 0.6) is 0 Å². The fraction of sp³-hybridized carbons (Fsp3) is 0.100. The average Bonchev–Trinajstić information content (AvgIpc) is 2.62. The molecule has 0 aromatic carbocycles. The second kappa shape index (κ2) is 3.53. The Morgan fingerprint density at radius 1 is 1.53 bits per heavy atom. The maximum Gasteiger partial charge on any atom is 0.372 e. The van der Waals surface area contributed by atoms with Crippen LogP contribution >= 0.6 is 0 Å². The van der Waals surface area contributed by atoms with Crippen molar-refractivity contribution in [3.05, 3.63) is 36.5 Å². The van der Waals surface area contributed by atoms with Crippen LogP contribution in [0.1, 0.15) is 10.6 Å². The summed E-state index contributed by atoms with van der Waals surface area (Å²) in [6.45, 7) is 0. The number of carboxylic acids is 1. The van der Waals surface area contributed by atoms with E-state index in [1.54, 1.807) is 31.7 Å². The number of carboxylic acid groups (broad SMARTS) is 1. The number of aromatic nitrogens is 3. The van der Waals surface area contributed by atoms with Gasteiger partial charge in [0.1, 0.15) is 0 Å². The number of nitrogens with zero attached hydrogens (tertiary/aromatic N) is 3. The Morgan fingerprint density at radius 2 is 2.33 bits per heavy atom. The molecule has 0 fully saturated rings. The minimum Gasteiger partial charge on any atom is -0.475 e. The van der Waals surface area contributed by atoms with E-state index >= 15 is 0 Å². The number of aromatic carboxylic acids is 1. The first-order valence-electron chi connectivity index (χ1n) is 4.35. The van der Waals surface area contributed by atoms with Crippen molar-refractivity contribution in [2.24, 2.45) is 7.05 Å². The van der Waals surface area contributed by atoms with Crippen molar-refractivity contribution in [1.82, 2.24) is 14.5 Å². The molecule has 0 bridgehead atoms. The fourth-order valence-electron chi connectivity index (χ4n) is 1.32. The van der Waals surface area contributed by atoms with Gasteiger partial charge >= 0.3 is 5.97 Å². The first kappa shape index (κ1) is 9.39. The maximum absolute atomic E-state index is 10.8. The van der Waals surface area contributed by atoms with Crippen molar-refractivity contribution in [2.45, 2.75) is 0 Å². The van der Waals surface area contributed by atoms with Crippen LogP contribution in [0.25, 0.3) is 11.3 Å². The molecule has 5 nitrogen and oxygen atoms in total. The minimum absolute atomic E-state index is 0.0221. The van der Waals surface area contributed by atoms with Gasteiger partial charge in [-0.15, -0.1) is 0 Å². The fourth-order valence-corrected chi connectivity index (χ4v) is 1.32. The number of rotatable bonds is 2. The highest BCUT2D eigenvalue weighted by Gasteiger charge is 2.12. The van der Waals surface area contributed by atoms with Crippen LogP contribution < -0.4 is 0 Å². The number of hydrogen-bond acceptors (Lipinski definition) is 3. The first-order valence-corrected chi connectivity index (χ1v) is 4.35. The number of hydrogen-bond donors (Lipinski definition) is 1. The maximum atomic E-state index is 10.8. The molecular formula is C10H9N3O2. The smallest absolute Gasteiger partial charge is 0.372 e. The van der Waals surface area contributed by atoms with Gasteiger partial charge in [-0.05, 0) is 12.1 Å². The lowest BCUT2D eigenvalue weighted by molar-refractivity contribution is 0.0680. The normalized spacial score (nSPS) is 10.2. The molecule has 1 N–H and O–H groups in total. The van der Waals surface area contributed by atoms with Crippen LogP contribution in [-0.4, -0.2) is 25.6 Å². The third-order valence-corrected chi connectivity index (χ3v) is 2.02. The molecular weight excluding hydrogens is 194 g/mol. The van der Waals surface area contributed by atoms with Crippen LogP contribution in [0.3, 0.4) is 0 Å². The molecule has 0 aliphatic heterocycles. The molecule has 0 atom stereocenters. The van der Waals surface area contributed by atoms with Gasteiger partial charge in [0.15, 0.2) is 0 Å². The molecule has 5 heteroatoms. The summed E-state index contributed by atoms with van der Waals surface area (Å²) in [5.74, 6) is -1.01. The lowest BCUT2D eigenvalue weighted by Crippen LogP contribution is -2.04. The Kier molecular flexibility index (Phi) is 2.21. The minimum atomic E-state index is -1.03. The highest BCUT2D eigenvalue weighted by molar-refractivity contribution is 5.84. The predicted octanol–water partition coefficient (Wildman–Crippen LogP) is 1.18. The first-order chi connectivity index (χ1) is 7.18. The molecule has 76 valence electrons. The van der Waals surface area contributed by atoms with Gasteiger partial charge < -0.3 is 9.67 Å². The van der Waals surface area contributed by atoms with Gasteiger partial charge in [0, 0.05) is 31.2 Å². The largest absolute Gasteiger partial charge is 0.475 e. The Morgan fingerprint density at radius 3 is 2.87 bits per heavy atom. The molecule has 0 spiro atoms. The van der Waals surface area contributed by atoms with E-state index < -0.39 is 5.97 Å². The highest BCUT2D eigenvalue weighted by Crippen LogP contribution is 2.16. The molecule has 0 radical (unpaired) electrons. The van der Waals surface area contributed by atoms with E-state index in [1.165, 1.54) is 4.57 Å². The molecule has 15 heavy (non-hydrogen) atoms. The van der Waals surface area contributed by atoms with Crippen molar-refractivity contribution in [3.63, 3.8) is 0 Å². The van der Waals surface area contributed by atoms with E-state index in [-0.39, 0.29) is 5.82 Å². The van der Waals surface area contributed by atoms with Gasteiger partial charge in [0.05, 0.1) is 5.69 Å². The molecule has 2 rings (SSSR count). The molecule has 0 amide bonds. The third kappa shape index (κ3) is 1.71. The van der Waals surface area contributed by atoms with Crippen molar-refractivity contribution >= 4 is 5.97 Å². The predicted molar refractivity (Wildman–Crippen MR) is 53.4 cm³/mol. The number of imidazole rings is 1. The summed E-state index contributed by atoms with van der Waals surface area (Å²) in [7, 11) is 1.65. The summed E-state index contributed by atoms with van der Waals surface area (Å²) in [5, 5.41) is 8.83. The van der Waals surface area contributed by atoms with Crippen LogP contribution in [0, 0.1) is 0 Å². The van der Waals surface area contributed by atoms with E-state index in [9.17, 15) is 4.79 Å². The van der Waals surface area contributed by atoms with Gasteiger partial charge in [-0.1, -0.05) is 0 Å². The van der Waals surface area contributed by atoms with Crippen molar-refractivity contribution in [2.75, 3.05) is 0 Å². The van der Waals surface area contributed by atoms with E-state index in [0.29, 0.717) is 5.69 Å². The zero-order chi connectivity index (χ0) is 10.8. The lowest BCUT2D eigenvalue weighted by Gasteiger charge is -1.92. The van der Waals surface area contributed by atoms with Crippen molar-refractivity contribution < 1.29 is 9.90 Å². The summed E-state index contributed by atoms with van der Waals surface area (Å²) in [4.78, 5) is 18.7. The Balaban J connectivity index is 2.48. The van der Waals surface area contributed by atoms with E-state index in [1.807, 2.05) is 6.07 Å². The van der Waals surface area contributed by atoms with Gasteiger partial charge in [0.25, 0.3) is 0 Å². The second-order valence-corrected chi connectivity index (χ2v) is 3.11. The zero-order valence-corrected chi connectivity index (χ0v) is 8.08. The molecule has 0 saturated carbocycles. The van der Waals surface area contributed by atoms with Crippen LogP contribution in [0.2, 0.25) is 0 Å². The average molecular weight is 203 g/mol. The topological polar surface area (TPSA) is 68.0 Å². The van der Waals surface area contributed by atoms with Crippen LogP contribution in [0.15, 0.2) is 30.7 Å². The van der Waals surface area contributed by atoms with Gasteiger partial charge in [-0.2, -0.15) is 0 Å². The highest BCUT2D eigenvalue weighted by atomic mass is 16.4. The number of carbonyl (C=O) groups is 1. The van der Waals surface area contributed by atoms with Crippen molar-refractivity contribution in [1.29, 1.82) is 0 Å². The molecule has 2 aromatic rings. The van der Waals surface area contributed by atoms with Crippen LogP contribution in [0.4, 0.5) is 0 Å². The number of aryl methyl sites for hydroxylation is 1. The van der Waals surface area contributed by atoms with Crippen molar-refractivity contribution in [3.8, 4) is 11.3 Å². The number of pyridine rings is 1. The molecule has 0 aliphatic carbocycles. The molecule has 0 aliphatic rings. The van der Waals surface area contributed by atoms with Gasteiger partial charge in [0.2, 0.25) is 5.82 Å². The molecule has 2 heterocycles. The monoisotopic (exact) mass is 203 g/mol. The Hall–Kier alpha value is -2.17. The van der Waals surface area contributed by atoms with Gasteiger partial charge in [-0.25, -0.2) is 9.78 Å². The second-order valence-electron chi connectivity index (χ2n) is 3.11. The lowest BCUT2D eigenvalue weighted by atomic mass is 10.2. The summed E-state index contributed by atoms with van der Waals surface area (Å²) in [6.07, 6.45) is 4.97. The van der Waals surface area contributed by atoms with E-state index in [4.69, 9.17) is 5.11 Å². The summed E-state index contributed by atoms with van der Waals surface area (Å²) in [6, 6.07) is 3.62. The van der Waals surface area contributed by atoms with Crippen LogP contribution in [-0.2, 0) is 7.05 Å². The molecule has 0 unspecified atom stereocenters. The van der Waals surface area contributed by atoms with Gasteiger partial charge in [-0.3, -0.25) is 4.98 Å². The summed E-state index contributed by atoms with van der Waals surface area (Å²) in [5.41, 5.74) is 1.42. The molecule has 0 saturated heterocycles. The van der Waals surface area contributed by atoms with E-state index in [0.717, 1.165) is 5.56 Å². The Labute approximate surface area is 86.0 Å². The quantitative estimate of drug-likeness (QED) is 0.795. The summed E-state index contributed by atoms with van der Waals surface area (Å²) < 4.78 is 1.48. The molecule has 2 aromatic heterocycles.